The molecule has 5 heteroatoms. The minimum Gasteiger partial charge on any atom is -0.195 e. The van der Waals surface area contributed by atoms with Gasteiger partial charge in [0.1, 0.15) is 11.4 Å². The zero-order chi connectivity index (χ0) is 46.7. The number of aromatic nitrogens is 3. The molecule has 0 radical (unpaired) electrons. The molecule has 8 aromatic carbocycles. The van der Waals surface area contributed by atoms with Gasteiger partial charge in [0.2, 0.25) is 5.69 Å². The van der Waals surface area contributed by atoms with Crippen LogP contribution >= 0.6 is 11.3 Å². The Morgan fingerprint density at radius 2 is 1.43 bits per heavy atom. The highest BCUT2D eigenvalue weighted by Gasteiger charge is 2.45. The molecule has 3 aromatic heterocycles. The molecule has 2 aliphatic heterocycles. The number of thiophene rings is 1. The fourth-order valence-electron chi connectivity index (χ4n) is 12.4. The van der Waals surface area contributed by atoms with Crippen LogP contribution in [0.1, 0.15) is 55.3 Å². The second kappa shape index (κ2) is 16.1. The van der Waals surface area contributed by atoms with Gasteiger partial charge in [-0.3, -0.25) is 0 Å². The summed E-state index contributed by atoms with van der Waals surface area (Å²) >= 11 is 1.94. The highest BCUT2D eigenvalue weighted by Crippen LogP contribution is 2.49. The van der Waals surface area contributed by atoms with Crippen LogP contribution in [0.2, 0.25) is 19.6 Å². The van der Waals surface area contributed by atoms with Crippen molar-refractivity contribution in [3.8, 4) is 39.5 Å². The quantitative estimate of drug-likeness (QED) is 0.0927. The first-order valence-electron chi connectivity index (χ1n) is 25.0. The number of fused-ring (bicyclic) bond motifs is 19. The standard InChI is InChI=1S/C64H57N3SSi/c1-40(2)35-46-38-58-51-24-13-12-23-49(51)52-30-28-44-29-32-55-53-25-14-15-26-59(53)68-63(55)61(44)64-66(41(3)36-57(52)65(58)39-60(46)69(4,5)6)62-54-31-27-43-19-10-11-22-48(43)50(54)33-34-56(62)67(64)47-21-16-20-45(37-47)42-17-8-7-9-18-42/h7-27,29,31-34,37-40,52,57H,3,28,30,35-36H2,1-2,4-6H3/q+2. The molecule has 13 rings (SSSR count). The van der Waals surface area contributed by atoms with Gasteiger partial charge in [0, 0.05) is 43.6 Å². The summed E-state index contributed by atoms with van der Waals surface area (Å²) in [6.45, 7) is 17.6. The van der Waals surface area contributed by atoms with Crippen molar-refractivity contribution in [2.75, 3.05) is 0 Å². The predicted molar refractivity (Wildman–Crippen MR) is 296 cm³/mol. The van der Waals surface area contributed by atoms with Gasteiger partial charge in [-0.25, -0.2) is 0 Å². The van der Waals surface area contributed by atoms with E-state index >= 15 is 0 Å². The molecule has 0 saturated heterocycles. The van der Waals surface area contributed by atoms with Crippen LogP contribution in [0, 0.1) is 5.92 Å². The van der Waals surface area contributed by atoms with Crippen LogP contribution in [-0.4, -0.2) is 12.6 Å². The summed E-state index contributed by atoms with van der Waals surface area (Å²) in [5, 5.41) is 9.24. The van der Waals surface area contributed by atoms with E-state index in [0.717, 1.165) is 37.1 Å². The molecule has 0 fully saturated rings. The number of hydrogen-bond acceptors (Lipinski definition) is 1. The first-order valence-corrected chi connectivity index (χ1v) is 29.3. The Labute approximate surface area is 410 Å². The minimum atomic E-state index is -1.76. The molecule has 0 aliphatic carbocycles. The fraction of sp³-hybridized carbons (Fsp3) is 0.188. The Hall–Kier alpha value is -6.92. The van der Waals surface area contributed by atoms with Gasteiger partial charge >= 0.3 is 5.82 Å². The van der Waals surface area contributed by atoms with Crippen LogP contribution in [0.5, 0.6) is 0 Å². The maximum atomic E-state index is 5.31. The van der Waals surface area contributed by atoms with Crippen molar-refractivity contribution in [1.29, 1.82) is 0 Å². The van der Waals surface area contributed by atoms with Crippen LogP contribution in [-0.2, 0) is 12.8 Å². The topological polar surface area (TPSA) is 12.7 Å². The van der Waals surface area contributed by atoms with E-state index in [0.29, 0.717) is 5.92 Å². The zero-order valence-electron chi connectivity index (χ0n) is 40.3. The van der Waals surface area contributed by atoms with Crippen LogP contribution in [0.15, 0.2) is 183 Å². The Morgan fingerprint density at radius 1 is 0.696 bits per heavy atom. The molecule has 69 heavy (non-hydrogen) atoms. The first-order chi connectivity index (χ1) is 33.6. The number of nitrogens with zero attached hydrogens (tertiary/aromatic N) is 3. The zero-order valence-corrected chi connectivity index (χ0v) is 42.1. The maximum Gasteiger partial charge on any atom is 0.301 e. The van der Waals surface area contributed by atoms with E-state index in [4.69, 9.17) is 6.58 Å². The molecule has 5 heterocycles. The number of hydrogen-bond donors (Lipinski definition) is 0. The summed E-state index contributed by atoms with van der Waals surface area (Å²) in [6.07, 6.45) is 6.49. The fourth-order valence-corrected chi connectivity index (χ4v) is 15.3. The lowest BCUT2D eigenvalue weighted by atomic mass is 9.77. The molecule has 11 aromatic rings. The van der Waals surface area contributed by atoms with Crippen LogP contribution in [0.25, 0.3) is 97.9 Å². The van der Waals surface area contributed by atoms with Gasteiger partial charge in [0.25, 0.3) is 0 Å². The van der Waals surface area contributed by atoms with E-state index < -0.39 is 8.07 Å². The Bertz CT molecular complexity index is 3900. The summed E-state index contributed by atoms with van der Waals surface area (Å²) in [4.78, 5) is 0. The van der Waals surface area contributed by atoms with Crippen LogP contribution in [0.4, 0.5) is 0 Å². The molecule has 2 atom stereocenters. The second-order valence-electron chi connectivity index (χ2n) is 21.2. The highest BCUT2D eigenvalue weighted by molar-refractivity contribution is 7.26. The molecular weight excluding hydrogens is 871 g/mol. The average molecular weight is 928 g/mol. The van der Waals surface area contributed by atoms with Gasteiger partial charge < -0.3 is 0 Å². The summed E-state index contributed by atoms with van der Waals surface area (Å²) in [5.74, 6) is 2.04. The van der Waals surface area contributed by atoms with Gasteiger partial charge in [-0.2, -0.15) is 13.7 Å². The molecule has 0 amide bonds. The van der Waals surface area contributed by atoms with E-state index in [-0.39, 0.29) is 12.0 Å². The normalized spacial score (nSPS) is 15.9. The van der Waals surface area contributed by atoms with Crippen LogP contribution in [0.3, 0.4) is 0 Å². The third-order valence-corrected chi connectivity index (χ3v) is 18.7. The predicted octanol–water partition coefficient (Wildman–Crippen LogP) is 15.8. The lowest BCUT2D eigenvalue weighted by Gasteiger charge is -2.33. The number of pyridine rings is 1. The summed E-state index contributed by atoms with van der Waals surface area (Å²) in [5.41, 5.74) is 15.5. The van der Waals surface area contributed by atoms with E-state index in [1.54, 1.807) is 5.19 Å². The van der Waals surface area contributed by atoms with Gasteiger partial charge in [-0.15, -0.1) is 11.3 Å². The van der Waals surface area contributed by atoms with Crippen molar-refractivity contribution in [2.24, 2.45) is 5.92 Å². The first kappa shape index (κ1) is 42.2. The van der Waals surface area contributed by atoms with Gasteiger partial charge in [0.05, 0.1) is 24.8 Å². The van der Waals surface area contributed by atoms with Crippen molar-refractivity contribution in [1.82, 2.24) is 4.57 Å². The van der Waals surface area contributed by atoms with E-state index in [9.17, 15) is 0 Å². The minimum absolute atomic E-state index is 0.163. The van der Waals surface area contributed by atoms with Crippen molar-refractivity contribution in [2.45, 2.75) is 71.1 Å². The second-order valence-corrected chi connectivity index (χ2v) is 27.3. The lowest BCUT2D eigenvalue weighted by Crippen LogP contribution is -2.54. The molecule has 0 bridgehead atoms. The maximum absolute atomic E-state index is 5.31. The number of imidazole rings is 1. The number of benzene rings is 8. The number of allylic oxidation sites excluding steroid dienone is 1. The van der Waals surface area contributed by atoms with E-state index in [2.05, 4.69) is 223 Å². The monoisotopic (exact) mass is 927 g/mol. The molecular formula is C64H57N3SSi+2. The summed E-state index contributed by atoms with van der Waals surface area (Å²) in [6, 6.07) is 64.4. The molecule has 2 unspecified atom stereocenters. The van der Waals surface area contributed by atoms with Crippen LogP contribution < -0.4 is 14.3 Å². The Balaban J connectivity index is 1.17. The Kier molecular flexibility index (Phi) is 9.84. The Morgan fingerprint density at radius 3 is 2.28 bits per heavy atom. The van der Waals surface area contributed by atoms with Gasteiger partial charge in [-0.1, -0.05) is 161 Å². The third-order valence-electron chi connectivity index (χ3n) is 15.4. The van der Waals surface area contributed by atoms with Gasteiger partial charge in [-0.05, 0) is 112 Å². The number of rotatable bonds is 5. The van der Waals surface area contributed by atoms with Crippen molar-refractivity contribution in [3.05, 3.63) is 199 Å². The average Bonchev–Trinajstić information content (AvgIpc) is 3.92. The largest absolute Gasteiger partial charge is 0.301 e. The smallest absolute Gasteiger partial charge is 0.195 e. The highest BCUT2D eigenvalue weighted by atomic mass is 32.1. The molecule has 3 nitrogen and oxygen atoms in total. The molecule has 336 valence electrons. The van der Waals surface area contributed by atoms with Crippen molar-refractivity contribution in [3.63, 3.8) is 0 Å². The third kappa shape index (κ3) is 6.72. The van der Waals surface area contributed by atoms with E-state index in [1.165, 1.54) is 103 Å². The van der Waals surface area contributed by atoms with Gasteiger partial charge in [0.15, 0.2) is 23.3 Å². The molecule has 0 spiro atoms. The summed E-state index contributed by atoms with van der Waals surface area (Å²) in [7, 11) is -1.76. The molecule has 2 aliphatic rings. The van der Waals surface area contributed by atoms with Crippen molar-refractivity contribution < 1.29 is 9.13 Å². The van der Waals surface area contributed by atoms with Crippen molar-refractivity contribution >= 4 is 83.0 Å². The lowest BCUT2D eigenvalue weighted by molar-refractivity contribution is -0.719. The summed E-state index contributed by atoms with van der Waals surface area (Å²) < 4.78 is 10.6. The SMILES string of the molecule is C=C1CC2C(CCc3ccc4c(sc5ccccc54)c3-c3n(-c4cccc(-c5ccccc5)c4)c4ccc5c6ccccc6ccc5c4[n+]31)c1ccccc1-c1cc(CC(C)C)c([Si](C)(C)C)c[n+]12. The molecule has 0 N–H and O–H groups in total. The van der Waals surface area contributed by atoms with E-state index in [1.807, 2.05) is 11.3 Å². The number of aryl methyl sites for hydroxylation is 1. The molecule has 0 saturated carbocycles.